The van der Waals surface area contributed by atoms with E-state index < -0.39 is 43.8 Å². The molecule has 0 heterocycles. The zero-order chi connectivity index (χ0) is 23.1. The van der Waals surface area contributed by atoms with Gasteiger partial charge in [0.05, 0.1) is 16.8 Å². The minimum absolute atomic E-state index is 0.124. The molecule has 0 aliphatic heterocycles. The van der Waals surface area contributed by atoms with Gasteiger partial charge < -0.3 is 0 Å². The van der Waals surface area contributed by atoms with Crippen LogP contribution in [-0.4, -0.2) is 32.0 Å². The highest BCUT2D eigenvalue weighted by Gasteiger charge is 2.33. The van der Waals surface area contributed by atoms with Crippen molar-refractivity contribution in [2.24, 2.45) is 5.10 Å². The zero-order valence-corrected chi connectivity index (χ0v) is 17.3. The van der Waals surface area contributed by atoms with Crippen LogP contribution in [0.3, 0.4) is 0 Å². The number of anilines is 1. The van der Waals surface area contributed by atoms with Crippen molar-refractivity contribution in [1.29, 1.82) is 0 Å². The first kappa shape index (κ1) is 22.6. The predicted molar refractivity (Wildman–Crippen MR) is 116 cm³/mol. The first-order valence-corrected chi connectivity index (χ1v) is 10.6. The van der Waals surface area contributed by atoms with E-state index in [0.717, 1.165) is 22.7 Å². The van der Waals surface area contributed by atoms with E-state index in [1.54, 1.807) is 24.3 Å². The Hall–Kier alpha value is -4.12. The molecule has 0 saturated carbocycles. The Morgan fingerprint density at radius 3 is 2.34 bits per heavy atom. The molecule has 32 heavy (non-hydrogen) atoms. The summed E-state index contributed by atoms with van der Waals surface area (Å²) in [7, 11) is -4.49. The van der Waals surface area contributed by atoms with Crippen molar-refractivity contribution >= 4 is 33.5 Å². The highest BCUT2D eigenvalue weighted by molar-refractivity contribution is 7.93. The summed E-state index contributed by atoms with van der Waals surface area (Å²) in [6.07, 6.45) is 1.08. The summed E-state index contributed by atoms with van der Waals surface area (Å²) in [4.78, 5) is 22.4. The zero-order valence-electron chi connectivity index (χ0n) is 16.5. The molecule has 1 N–H and O–H groups in total. The number of amides is 1. The summed E-state index contributed by atoms with van der Waals surface area (Å²) in [5.41, 5.74) is 1.77. The number of rotatable bonds is 8. The molecule has 164 valence electrons. The largest absolute Gasteiger partial charge is 0.289 e. The average molecular weight is 456 g/mol. The van der Waals surface area contributed by atoms with Gasteiger partial charge in [-0.05, 0) is 24.3 Å². The van der Waals surface area contributed by atoms with Gasteiger partial charge >= 0.3 is 0 Å². The van der Waals surface area contributed by atoms with Gasteiger partial charge in [0.15, 0.2) is 4.90 Å². The highest BCUT2D eigenvalue weighted by atomic mass is 32.2. The fourth-order valence-corrected chi connectivity index (χ4v) is 4.35. The number of halogens is 1. The van der Waals surface area contributed by atoms with Gasteiger partial charge in [0.2, 0.25) is 0 Å². The molecule has 0 aliphatic carbocycles. The lowest BCUT2D eigenvalue weighted by Crippen LogP contribution is -2.39. The van der Waals surface area contributed by atoms with Gasteiger partial charge in [0, 0.05) is 11.6 Å². The SMILES string of the molecule is O=C(CN(c1ccccc1)S(=O)(=O)c1ccccc1[N+](=O)[O-])N/N=C/c1ccccc1F. The minimum atomic E-state index is -4.49. The van der Waals surface area contributed by atoms with E-state index in [2.05, 4.69) is 10.5 Å². The van der Waals surface area contributed by atoms with Crippen LogP contribution < -0.4 is 9.73 Å². The van der Waals surface area contributed by atoms with Gasteiger partial charge in [-0.1, -0.05) is 48.5 Å². The van der Waals surface area contributed by atoms with Gasteiger partial charge in [-0.3, -0.25) is 19.2 Å². The van der Waals surface area contributed by atoms with Gasteiger partial charge in [0.1, 0.15) is 12.4 Å². The fraction of sp³-hybridized carbons (Fsp3) is 0.0476. The number of hydrogen-bond donors (Lipinski definition) is 1. The number of nitro groups is 1. The molecule has 3 aromatic carbocycles. The third-order valence-electron chi connectivity index (χ3n) is 4.26. The van der Waals surface area contributed by atoms with Crippen molar-refractivity contribution in [2.75, 3.05) is 10.8 Å². The predicted octanol–water partition coefficient (Wildman–Crippen LogP) is 3.08. The number of sulfonamides is 1. The molecule has 3 rings (SSSR count). The number of carbonyl (C=O) groups is 1. The van der Waals surface area contributed by atoms with Gasteiger partial charge in [-0.25, -0.2) is 18.2 Å². The molecule has 0 radical (unpaired) electrons. The fourth-order valence-electron chi connectivity index (χ4n) is 2.77. The number of hydrogen-bond acceptors (Lipinski definition) is 6. The summed E-state index contributed by atoms with van der Waals surface area (Å²) in [5.74, 6) is -1.38. The van der Waals surface area contributed by atoms with Gasteiger partial charge in [-0.2, -0.15) is 5.10 Å². The number of para-hydroxylation sites is 2. The van der Waals surface area contributed by atoms with Crippen LogP contribution in [0.15, 0.2) is 88.9 Å². The third-order valence-corrected chi connectivity index (χ3v) is 6.08. The van der Waals surface area contributed by atoms with Gasteiger partial charge in [-0.15, -0.1) is 0 Å². The smallest absolute Gasteiger partial charge is 0.271 e. The van der Waals surface area contributed by atoms with Gasteiger partial charge in [0.25, 0.3) is 21.6 Å². The Morgan fingerprint density at radius 2 is 1.66 bits per heavy atom. The van der Waals surface area contributed by atoms with Crippen molar-refractivity contribution in [2.45, 2.75) is 4.90 Å². The van der Waals surface area contributed by atoms with E-state index in [9.17, 15) is 27.7 Å². The Morgan fingerprint density at radius 1 is 1.03 bits per heavy atom. The van der Waals surface area contributed by atoms with E-state index in [1.807, 2.05) is 0 Å². The number of nitrogens with one attached hydrogen (secondary N) is 1. The Bertz CT molecular complexity index is 1270. The molecule has 0 spiro atoms. The Labute approximate surface area is 183 Å². The van der Waals surface area contributed by atoms with Crippen molar-refractivity contribution < 1.29 is 22.5 Å². The van der Waals surface area contributed by atoms with Crippen molar-refractivity contribution in [1.82, 2.24) is 5.43 Å². The number of benzene rings is 3. The molecule has 1 amide bonds. The number of nitro benzene ring substituents is 1. The van der Waals surface area contributed by atoms with Crippen LogP contribution in [0.4, 0.5) is 15.8 Å². The number of carbonyl (C=O) groups excluding carboxylic acids is 1. The average Bonchev–Trinajstić information content (AvgIpc) is 2.79. The third kappa shape index (κ3) is 5.13. The summed E-state index contributed by atoms with van der Waals surface area (Å²) >= 11 is 0. The lowest BCUT2D eigenvalue weighted by molar-refractivity contribution is -0.387. The van der Waals surface area contributed by atoms with Crippen LogP contribution in [-0.2, 0) is 14.8 Å². The van der Waals surface area contributed by atoms with E-state index in [0.29, 0.717) is 0 Å². The molecular weight excluding hydrogens is 439 g/mol. The molecule has 11 heteroatoms. The molecule has 0 atom stereocenters. The van der Waals surface area contributed by atoms with Crippen molar-refractivity contribution in [3.8, 4) is 0 Å². The van der Waals surface area contributed by atoms with Crippen LogP contribution in [0.2, 0.25) is 0 Å². The molecule has 9 nitrogen and oxygen atoms in total. The van der Waals surface area contributed by atoms with Crippen LogP contribution >= 0.6 is 0 Å². The summed E-state index contributed by atoms with van der Waals surface area (Å²) in [6.45, 7) is -0.715. The maximum Gasteiger partial charge on any atom is 0.289 e. The first-order valence-electron chi connectivity index (χ1n) is 9.18. The summed E-state index contributed by atoms with van der Waals surface area (Å²) < 4.78 is 41.0. The monoisotopic (exact) mass is 456 g/mol. The Balaban J connectivity index is 1.90. The quantitative estimate of drug-likeness (QED) is 0.317. The lowest BCUT2D eigenvalue weighted by Gasteiger charge is -2.23. The first-order chi connectivity index (χ1) is 15.3. The lowest BCUT2D eigenvalue weighted by atomic mass is 10.2. The van der Waals surface area contributed by atoms with E-state index in [-0.39, 0.29) is 11.3 Å². The topological polar surface area (TPSA) is 122 Å². The van der Waals surface area contributed by atoms with Crippen LogP contribution in [0.25, 0.3) is 0 Å². The maximum absolute atomic E-state index is 13.6. The molecule has 3 aromatic rings. The van der Waals surface area contributed by atoms with Crippen molar-refractivity contribution in [3.05, 3.63) is 100 Å². The maximum atomic E-state index is 13.6. The second-order valence-electron chi connectivity index (χ2n) is 6.39. The number of hydrazone groups is 1. The summed E-state index contributed by atoms with van der Waals surface area (Å²) in [5, 5.41) is 15.0. The standard InChI is InChI=1S/C21H17FN4O5S/c22-18-11-5-4-8-16(18)14-23-24-21(27)15-25(17-9-2-1-3-10-17)32(30,31)20-13-7-6-12-19(20)26(28)29/h1-14H,15H2,(H,24,27)/b23-14+. The summed E-state index contributed by atoms with van der Waals surface area (Å²) in [6, 6.07) is 18.3. The molecule has 0 unspecified atom stereocenters. The highest BCUT2D eigenvalue weighted by Crippen LogP contribution is 2.29. The Kier molecular flexibility index (Phi) is 6.90. The van der Waals surface area contributed by atoms with E-state index in [1.165, 1.54) is 42.5 Å². The number of nitrogens with zero attached hydrogens (tertiary/aromatic N) is 3. The van der Waals surface area contributed by atoms with E-state index in [4.69, 9.17) is 0 Å². The second-order valence-corrected chi connectivity index (χ2v) is 8.22. The second kappa shape index (κ2) is 9.79. The molecule has 0 fully saturated rings. The van der Waals surface area contributed by atoms with Crippen LogP contribution in [0.5, 0.6) is 0 Å². The molecule has 0 bridgehead atoms. The minimum Gasteiger partial charge on any atom is -0.271 e. The van der Waals surface area contributed by atoms with Crippen LogP contribution in [0.1, 0.15) is 5.56 Å². The molecule has 0 saturated heterocycles. The van der Waals surface area contributed by atoms with Crippen molar-refractivity contribution in [3.63, 3.8) is 0 Å². The molecule has 0 aromatic heterocycles. The normalized spacial score (nSPS) is 11.3. The molecular formula is C21H17FN4O5S. The van der Waals surface area contributed by atoms with Crippen LogP contribution in [0, 0.1) is 15.9 Å². The molecule has 0 aliphatic rings. The van der Waals surface area contributed by atoms with E-state index >= 15 is 0 Å².